The van der Waals surface area contributed by atoms with Crippen molar-refractivity contribution in [3.8, 4) is 0 Å². The standard InChI is InChI=1S/C26H37N3O7S/c1-7-29-19(5)24(18(4)25(29)26(32)36-9-3)23(31)17-28(15-10-16-35-8-2)37(33,34)22-13-11-21(12-14-22)27-20(6)30/h11-14H,7-10,15-17H2,1-6H3,(H,27,30). The van der Waals surface area contributed by atoms with Crippen LogP contribution in [0.2, 0.25) is 0 Å². The smallest absolute Gasteiger partial charge is 0.355 e. The minimum atomic E-state index is -4.05. The molecule has 0 spiro atoms. The largest absolute Gasteiger partial charge is 0.461 e. The Kier molecular flexibility index (Phi) is 11.0. The summed E-state index contributed by atoms with van der Waals surface area (Å²) in [5.41, 5.74) is 2.12. The van der Waals surface area contributed by atoms with Crippen LogP contribution in [-0.4, -0.2) is 67.9 Å². The molecule has 0 saturated heterocycles. The summed E-state index contributed by atoms with van der Waals surface area (Å²) in [5, 5.41) is 2.60. The first-order chi connectivity index (χ1) is 17.5. The Morgan fingerprint density at radius 2 is 1.68 bits per heavy atom. The summed E-state index contributed by atoms with van der Waals surface area (Å²) in [4.78, 5) is 37.4. The fraction of sp³-hybridized carbons (Fsp3) is 0.500. The van der Waals surface area contributed by atoms with E-state index in [2.05, 4.69) is 5.32 Å². The van der Waals surface area contributed by atoms with Crippen molar-refractivity contribution in [1.82, 2.24) is 8.87 Å². The van der Waals surface area contributed by atoms with Crippen LogP contribution in [0.3, 0.4) is 0 Å². The lowest BCUT2D eigenvalue weighted by atomic mass is 10.1. The van der Waals surface area contributed by atoms with Crippen LogP contribution in [0.5, 0.6) is 0 Å². The SMILES string of the molecule is CCOCCCN(CC(=O)c1c(C)c(C(=O)OCC)n(CC)c1C)S(=O)(=O)c1ccc(NC(C)=O)cc1. The number of esters is 1. The molecule has 1 aromatic carbocycles. The van der Waals surface area contributed by atoms with Gasteiger partial charge < -0.3 is 19.4 Å². The van der Waals surface area contributed by atoms with Crippen molar-refractivity contribution < 1.29 is 32.3 Å². The van der Waals surface area contributed by atoms with Crippen LogP contribution in [-0.2, 0) is 30.8 Å². The van der Waals surface area contributed by atoms with Gasteiger partial charge in [0.25, 0.3) is 0 Å². The molecule has 11 heteroatoms. The summed E-state index contributed by atoms with van der Waals surface area (Å²) in [5.74, 6) is -1.21. The van der Waals surface area contributed by atoms with Gasteiger partial charge in [0.1, 0.15) is 5.69 Å². The third kappa shape index (κ3) is 7.27. The Labute approximate surface area is 219 Å². The molecule has 0 bridgehead atoms. The topological polar surface area (TPSA) is 124 Å². The Morgan fingerprint density at radius 3 is 2.22 bits per heavy atom. The van der Waals surface area contributed by atoms with Crippen LogP contribution in [0.4, 0.5) is 5.69 Å². The zero-order valence-corrected chi connectivity index (χ0v) is 23.2. The molecule has 204 valence electrons. The summed E-state index contributed by atoms with van der Waals surface area (Å²) in [6.45, 7) is 11.3. The Balaban J connectivity index is 2.43. The monoisotopic (exact) mass is 535 g/mol. The molecule has 0 aliphatic carbocycles. The molecule has 2 aromatic rings. The maximum Gasteiger partial charge on any atom is 0.355 e. The molecule has 0 aliphatic rings. The summed E-state index contributed by atoms with van der Waals surface area (Å²) >= 11 is 0. The molecule has 1 amide bonds. The van der Waals surface area contributed by atoms with Crippen molar-refractivity contribution in [3.63, 3.8) is 0 Å². The average molecular weight is 536 g/mol. The van der Waals surface area contributed by atoms with Crippen LogP contribution in [0.1, 0.15) is 66.2 Å². The van der Waals surface area contributed by atoms with E-state index in [4.69, 9.17) is 9.47 Å². The van der Waals surface area contributed by atoms with Crippen LogP contribution in [0.15, 0.2) is 29.2 Å². The summed E-state index contributed by atoms with van der Waals surface area (Å²) in [6.07, 6.45) is 0.395. The number of sulfonamides is 1. The molecule has 0 saturated carbocycles. The zero-order chi connectivity index (χ0) is 27.8. The number of anilines is 1. The fourth-order valence-corrected chi connectivity index (χ4v) is 5.67. The van der Waals surface area contributed by atoms with Crippen LogP contribution in [0.25, 0.3) is 0 Å². The first-order valence-corrected chi connectivity index (χ1v) is 13.8. The van der Waals surface area contributed by atoms with E-state index in [1.165, 1.54) is 31.2 Å². The van der Waals surface area contributed by atoms with Gasteiger partial charge >= 0.3 is 5.97 Å². The summed E-state index contributed by atoms with van der Waals surface area (Å²) in [7, 11) is -4.05. The molecule has 0 fully saturated rings. The highest BCUT2D eigenvalue weighted by Crippen LogP contribution is 2.26. The van der Waals surface area contributed by atoms with Crippen molar-refractivity contribution in [3.05, 3.63) is 46.8 Å². The van der Waals surface area contributed by atoms with Crippen molar-refractivity contribution in [2.75, 3.05) is 38.2 Å². The number of ketones is 1. The van der Waals surface area contributed by atoms with Crippen molar-refractivity contribution in [2.24, 2.45) is 0 Å². The number of nitrogens with one attached hydrogen (secondary N) is 1. The first kappa shape index (κ1) is 30.2. The fourth-order valence-electron chi connectivity index (χ4n) is 4.24. The molecule has 1 heterocycles. The number of rotatable bonds is 14. The van der Waals surface area contributed by atoms with Crippen LogP contribution in [0, 0.1) is 13.8 Å². The third-order valence-electron chi connectivity index (χ3n) is 5.86. The highest BCUT2D eigenvalue weighted by Gasteiger charge is 2.31. The Bertz CT molecular complexity index is 1220. The van der Waals surface area contributed by atoms with Gasteiger partial charge in [-0.05, 0) is 70.9 Å². The van der Waals surface area contributed by atoms with E-state index in [0.29, 0.717) is 54.4 Å². The molecule has 1 N–H and O–H groups in total. The Morgan fingerprint density at radius 1 is 1.03 bits per heavy atom. The number of hydrogen-bond donors (Lipinski definition) is 1. The number of hydrogen-bond acceptors (Lipinski definition) is 7. The molecule has 0 radical (unpaired) electrons. The number of nitrogens with zero attached hydrogens (tertiary/aromatic N) is 2. The molecular weight excluding hydrogens is 498 g/mol. The number of amides is 1. The lowest BCUT2D eigenvalue weighted by Crippen LogP contribution is -2.37. The minimum Gasteiger partial charge on any atom is -0.461 e. The van der Waals surface area contributed by atoms with Crippen LogP contribution >= 0.6 is 0 Å². The number of carbonyl (C=O) groups excluding carboxylic acids is 3. The number of benzene rings is 1. The molecule has 10 nitrogen and oxygen atoms in total. The average Bonchev–Trinajstić information content (AvgIpc) is 3.10. The van der Waals surface area contributed by atoms with Crippen molar-refractivity contribution in [2.45, 2.75) is 59.4 Å². The van der Waals surface area contributed by atoms with E-state index in [0.717, 1.165) is 4.31 Å². The van der Waals surface area contributed by atoms with E-state index in [1.807, 2.05) is 13.8 Å². The van der Waals surface area contributed by atoms with Gasteiger partial charge in [-0.3, -0.25) is 9.59 Å². The normalized spacial score (nSPS) is 11.5. The quantitative estimate of drug-likeness (QED) is 0.223. The highest BCUT2D eigenvalue weighted by atomic mass is 32.2. The molecule has 2 rings (SSSR count). The predicted octanol–water partition coefficient (Wildman–Crippen LogP) is 3.56. The van der Waals surface area contributed by atoms with Gasteiger partial charge in [-0.15, -0.1) is 0 Å². The van der Waals surface area contributed by atoms with E-state index < -0.39 is 28.3 Å². The molecule has 0 atom stereocenters. The number of Topliss-reactive ketones (excluding diaryl/α,β-unsaturated/α-hetero) is 1. The molecule has 1 aromatic heterocycles. The van der Waals surface area contributed by atoms with Gasteiger partial charge in [0.15, 0.2) is 5.78 Å². The number of ether oxygens (including phenoxy) is 2. The van der Waals surface area contributed by atoms with E-state index >= 15 is 0 Å². The molecule has 37 heavy (non-hydrogen) atoms. The van der Waals surface area contributed by atoms with Crippen LogP contribution < -0.4 is 5.32 Å². The van der Waals surface area contributed by atoms with E-state index in [-0.39, 0.29) is 24.0 Å². The van der Waals surface area contributed by atoms with Crippen molar-refractivity contribution in [1.29, 1.82) is 0 Å². The Hall–Kier alpha value is -3.02. The second-order valence-corrected chi connectivity index (χ2v) is 10.4. The van der Waals surface area contributed by atoms with Gasteiger partial charge in [0.2, 0.25) is 15.9 Å². The third-order valence-corrected chi connectivity index (χ3v) is 7.72. The second kappa shape index (κ2) is 13.5. The van der Waals surface area contributed by atoms with Gasteiger partial charge in [-0.2, -0.15) is 4.31 Å². The summed E-state index contributed by atoms with van der Waals surface area (Å²) < 4.78 is 40.5. The maximum atomic E-state index is 13.6. The highest BCUT2D eigenvalue weighted by molar-refractivity contribution is 7.89. The predicted molar refractivity (Wildman–Crippen MR) is 140 cm³/mol. The van der Waals surface area contributed by atoms with E-state index in [1.54, 1.807) is 25.3 Å². The first-order valence-electron chi connectivity index (χ1n) is 12.3. The van der Waals surface area contributed by atoms with Gasteiger partial charge in [0, 0.05) is 50.2 Å². The second-order valence-electron chi connectivity index (χ2n) is 8.42. The molecular formula is C26H37N3O7S. The maximum absolute atomic E-state index is 13.6. The lowest BCUT2D eigenvalue weighted by Gasteiger charge is -2.22. The molecule has 0 aliphatic heterocycles. The van der Waals surface area contributed by atoms with Gasteiger partial charge in [-0.25, -0.2) is 13.2 Å². The van der Waals surface area contributed by atoms with Gasteiger partial charge in [0.05, 0.1) is 18.0 Å². The lowest BCUT2D eigenvalue weighted by molar-refractivity contribution is -0.114. The minimum absolute atomic E-state index is 0.00223. The summed E-state index contributed by atoms with van der Waals surface area (Å²) in [6, 6.07) is 5.78. The van der Waals surface area contributed by atoms with E-state index in [9.17, 15) is 22.8 Å². The van der Waals surface area contributed by atoms with Gasteiger partial charge in [-0.1, -0.05) is 0 Å². The van der Waals surface area contributed by atoms with Crippen molar-refractivity contribution >= 4 is 33.4 Å². The molecule has 0 unspecified atom stereocenters. The zero-order valence-electron chi connectivity index (χ0n) is 22.4. The number of carbonyl (C=O) groups is 3. The number of aromatic nitrogens is 1.